The summed E-state index contributed by atoms with van der Waals surface area (Å²) in [7, 11) is 0. The summed E-state index contributed by atoms with van der Waals surface area (Å²) in [5.74, 6) is 0.216. The topological polar surface area (TPSA) is 42.2 Å². The number of carboxylic acid groups (broad SMARTS) is 1. The van der Waals surface area contributed by atoms with Crippen LogP contribution in [0.2, 0.25) is 5.02 Å². The average Bonchev–Trinajstić information content (AvgIpc) is 2.71. The molecule has 0 bridgehead atoms. The van der Waals surface area contributed by atoms with E-state index in [0.717, 1.165) is 6.42 Å². The molecule has 1 saturated carbocycles. The molecule has 1 aliphatic rings. The Balaban J connectivity index is 2.36. The van der Waals surface area contributed by atoms with Gasteiger partial charge in [-0.15, -0.1) is 0 Å². The third kappa shape index (κ3) is 2.56. The second kappa shape index (κ2) is 5.35. The first-order valence-electron chi connectivity index (χ1n) is 6.61. The highest BCUT2D eigenvalue weighted by atomic mass is 35.5. The lowest BCUT2D eigenvalue weighted by Crippen LogP contribution is -2.28. The molecular formula is C14H20ClNO2. The van der Waals surface area contributed by atoms with Crippen molar-refractivity contribution < 1.29 is 9.90 Å². The lowest BCUT2D eigenvalue weighted by atomic mass is 9.77. The molecule has 4 heteroatoms. The molecular weight excluding hydrogens is 250 g/mol. The normalized spacial score (nSPS) is 24.4. The lowest BCUT2D eigenvalue weighted by molar-refractivity contribution is 0.0673. The van der Waals surface area contributed by atoms with Gasteiger partial charge < -0.3 is 9.67 Å². The van der Waals surface area contributed by atoms with Crippen molar-refractivity contribution in [3.63, 3.8) is 0 Å². The van der Waals surface area contributed by atoms with Crippen molar-refractivity contribution in [2.24, 2.45) is 11.8 Å². The first-order chi connectivity index (χ1) is 8.50. The largest absolute Gasteiger partial charge is 0.477 e. The van der Waals surface area contributed by atoms with E-state index in [1.165, 1.54) is 19.3 Å². The summed E-state index contributed by atoms with van der Waals surface area (Å²) in [6.07, 6.45) is 6.42. The van der Waals surface area contributed by atoms with Gasteiger partial charge in [0.05, 0.1) is 5.02 Å². The highest BCUT2D eigenvalue weighted by Gasteiger charge is 2.31. The van der Waals surface area contributed by atoms with Crippen molar-refractivity contribution in [3.05, 3.63) is 23.0 Å². The van der Waals surface area contributed by atoms with E-state index in [-0.39, 0.29) is 6.04 Å². The Morgan fingerprint density at radius 2 is 2.11 bits per heavy atom. The molecule has 1 N–H and O–H groups in total. The summed E-state index contributed by atoms with van der Waals surface area (Å²) in [5.41, 5.74) is 0.317. The number of rotatable bonds is 3. The molecule has 0 saturated heterocycles. The van der Waals surface area contributed by atoms with Crippen molar-refractivity contribution in [1.29, 1.82) is 0 Å². The number of carboxylic acids is 1. The quantitative estimate of drug-likeness (QED) is 0.892. The molecule has 0 aromatic carbocycles. The number of hydrogen-bond donors (Lipinski definition) is 1. The molecule has 0 aliphatic heterocycles. The highest BCUT2D eigenvalue weighted by molar-refractivity contribution is 6.30. The predicted octanol–water partition coefficient (Wildman–Crippen LogP) is 4.23. The van der Waals surface area contributed by atoms with Crippen LogP contribution in [0.4, 0.5) is 0 Å². The minimum absolute atomic E-state index is 0.275. The van der Waals surface area contributed by atoms with E-state index < -0.39 is 5.97 Å². The van der Waals surface area contributed by atoms with Gasteiger partial charge in [0.25, 0.3) is 0 Å². The van der Waals surface area contributed by atoms with E-state index in [1.807, 2.05) is 4.57 Å². The molecule has 1 fully saturated rings. The van der Waals surface area contributed by atoms with E-state index in [1.54, 1.807) is 12.3 Å². The minimum Gasteiger partial charge on any atom is -0.477 e. The maximum Gasteiger partial charge on any atom is 0.352 e. The lowest BCUT2D eigenvalue weighted by Gasteiger charge is -2.36. The van der Waals surface area contributed by atoms with Crippen molar-refractivity contribution in [2.45, 2.75) is 45.6 Å². The minimum atomic E-state index is -0.894. The maximum absolute atomic E-state index is 11.3. The van der Waals surface area contributed by atoms with Crippen LogP contribution in [0.15, 0.2) is 12.3 Å². The summed E-state index contributed by atoms with van der Waals surface area (Å²) >= 11 is 5.97. The summed E-state index contributed by atoms with van der Waals surface area (Å²) < 4.78 is 1.88. The van der Waals surface area contributed by atoms with Crippen LogP contribution in [0, 0.1) is 11.8 Å². The zero-order chi connectivity index (χ0) is 13.3. The summed E-state index contributed by atoms with van der Waals surface area (Å²) in [5, 5.41) is 9.77. The molecule has 100 valence electrons. The number of hydrogen-bond acceptors (Lipinski definition) is 1. The van der Waals surface area contributed by atoms with Crippen LogP contribution in [-0.2, 0) is 0 Å². The van der Waals surface area contributed by atoms with E-state index >= 15 is 0 Å². The number of aromatic nitrogens is 1. The highest BCUT2D eigenvalue weighted by Crippen LogP contribution is 2.39. The monoisotopic (exact) mass is 269 g/mol. The van der Waals surface area contributed by atoms with Crippen LogP contribution in [0.5, 0.6) is 0 Å². The van der Waals surface area contributed by atoms with Gasteiger partial charge in [-0.2, -0.15) is 0 Å². The Morgan fingerprint density at radius 1 is 1.44 bits per heavy atom. The van der Waals surface area contributed by atoms with Gasteiger partial charge in [0, 0.05) is 12.2 Å². The fourth-order valence-corrected chi connectivity index (χ4v) is 3.36. The molecule has 1 aliphatic carbocycles. The molecule has 0 radical (unpaired) electrons. The molecule has 18 heavy (non-hydrogen) atoms. The van der Waals surface area contributed by atoms with Crippen LogP contribution in [-0.4, -0.2) is 15.6 Å². The molecule has 2 atom stereocenters. The first kappa shape index (κ1) is 13.5. The van der Waals surface area contributed by atoms with Crippen LogP contribution in [0.3, 0.4) is 0 Å². The van der Waals surface area contributed by atoms with Crippen LogP contribution >= 0.6 is 11.6 Å². The average molecular weight is 270 g/mol. The molecule has 0 spiro atoms. The Hall–Kier alpha value is -0.960. The standard InChI is InChI=1S/C14H20ClNO2/c1-9(2)11-5-3-4-6-12(11)16-8-10(15)7-13(16)14(17)18/h7-9,11-12H,3-6H2,1-2H3,(H,17,18). The van der Waals surface area contributed by atoms with Crippen molar-refractivity contribution in [2.75, 3.05) is 0 Å². The van der Waals surface area contributed by atoms with Crippen molar-refractivity contribution in [1.82, 2.24) is 4.57 Å². The second-order valence-corrected chi connectivity index (χ2v) is 5.95. The van der Waals surface area contributed by atoms with Crippen LogP contribution in [0.1, 0.15) is 56.1 Å². The molecule has 2 rings (SSSR count). The van der Waals surface area contributed by atoms with Gasteiger partial charge in [-0.05, 0) is 30.7 Å². The number of nitrogens with zero attached hydrogens (tertiary/aromatic N) is 1. The fraction of sp³-hybridized carbons (Fsp3) is 0.643. The van der Waals surface area contributed by atoms with Crippen molar-refractivity contribution in [3.8, 4) is 0 Å². The molecule has 2 unspecified atom stereocenters. The van der Waals surface area contributed by atoms with Gasteiger partial charge in [0.2, 0.25) is 0 Å². The fourth-order valence-electron chi connectivity index (χ4n) is 3.15. The van der Waals surface area contributed by atoms with Gasteiger partial charge in [-0.3, -0.25) is 0 Å². The Morgan fingerprint density at radius 3 is 2.72 bits per heavy atom. The Bertz CT molecular complexity index is 439. The summed E-state index contributed by atoms with van der Waals surface area (Å²) in [4.78, 5) is 11.3. The van der Waals surface area contributed by atoms with Gasteiger partial charge >= 0.3 is 5.97 Å². The SMILES string of the molecule is CC(C)C1CCCCC1n1cc(Cl)cc1C(=O)O. The number of halogens is 1. The molecule has 0 amide bonds. The summed E-state index contributed by atoms with van der Waals surface area (Å²) in [6.45, 7) is 4.43. The third-order valence-corrected chi connectivity index (χ3v) is 4.24. The molecule has 1 aromatic heterocycles. The molecule has 1 heterocycles. The zero-order valence-corrected chi connectivity index (χ0v) is 11.7. The molecule has 1 aromatic rings. The zero-order valence-electron chi connectivity index (χ0n) is 10.9. The summed E-state index contributed by atoms with van der Waals surface area (Å²) in [6, 6.07) is 1.83. The van der Waals surface area contributed by atoms with Crippen LogP contribution < -0.4 is 0 Å². The van der Waals surface area contributed by atoms with E-state index in [2.05, 4.69) is 13.8 Å². The van der Waals surface area contributed by atoms with Gasteiger partial charge in [-0.1, -0.05) is 38.3 Å². The van der Waals surface area contributed by atoms with Gasteiger partial charge in [-0.25, -0.2) is 4.79 Å². The Kier molecular flexibility index (Phi) is 4.00. The first-order valence-corrected chi connectivity index (χ1v) is 6.99. The van der Waals surface area contributed by atoms with E-state index in [4.69, 9.17) is 11.6 Å². The number of aromatic carboxylic acids is 1. The van der Waals surface area contributed by atoms with E-state index in [9.17, 15) is 9.90 Å². The number of carbonyl (C=O) groups is 1. The predicted molar refractivity (Wildman–Crippen MR) is 72.2 cm³/mol. The molecule has 3 nitrogen and oxygen atoms in total. The van der Waals surface area contributed by atoms with Crippen LogP contribution in [0.25, 0.3) is 0 Å². The third-order valence-electron chi connectivity index (χ3n) is 4.03. The van der Waals surface area contributed by atoms with E-state index in [0.29, 0.717) is 22.6 Å². The maximum atomic E-state index is 11.3. The smallest absolute Gasteiger partial charge is 0.352 e. The second-order valence-electron chi connectivity index (χ2n) is 5.52. The van der Waals surface area contributed by atoms with Gasteiger partial charge in [0.15, 0.2) is 0 Å². The van der Waals surface area contributed by atoms with Crippen molar-refractivity contribution >= 4 is 17.6 Å². The van der Waals surface area contributed by atoms with Gasteiger partial charge in [0.1, 0.15) is 5.69 Å². The Labute approximate surface area is 113 Å².